The van der Waals surface area contributed by atoms with Gasteiger partial charge in [0.25, 0.3) is 0 Å². The molecule has 3 fully saturated rings. The average Bonchev–Trinajstić information content (AvgIpc) is 2.67. The highest BCUT2D eigenvalue weighted by atomic mass is 16.2. The highest BCUT2D eigenvalue weighted by molar-refractivity contribution is 5.79. The van der Waals surface area contributed by atoms with E-state index in [9.17, 15) is 9.59 Å². The van der Waals surface area contributed by atoms with Crippen LogP contribution >= 0.6 is 0 Å². The van der Waals surface area contributed by atoms with Crippen LogP contribution in [0.4, 0.5) is 4.79 Å². The van der Waals surface area contributed by atoms with Crippen LogP contribution in [0, 0.1) is 17.8 Å². The Morgan fingerprint density at radius 3 is 2.35 bits per heavy atom. The average molecular weight is 364 g/mol. The van der Waals surface area contributed by atoms with Gasteiger partial charge >= 0.3 is 6.03 Å². The molecule has 0 aromatic rings. The number of piperidine rings is 1. The molecule has 5 heteroatoms. The van der Waals surface area contributed by atoms with E-state index < -0.39 is 0 Å². The van der Waals surface area contributed by atoms with E-state index in [-0.39, 0.29) is 23.9 Å². The van der Waals surface area contributed by atoms with Gasteiger partial charge in [0.1, 0.15) is 0 Å². The van der Waals surface area contributed by atoms with Gasteiger partial charge in [-0.15, -0.1) is 0 Å². The minimum absolute atomic E-state index is 0.0836. The Balaban J connectivity index is 1.33. The maximum atomic E-state index is 12.4. The summed E-state index contributed by atoms with van der Waals surface area (Å²) < 4.78 is 0. The van der Waals surface area contributed by atoms with E-state index in [1.165, 1.54) is 44.9 Å². The zero-order valence-electron chi connectivity index (χ0n) is 16.5. The first-order valence-electron chi connectivity index (χ1n) is 10.9. The third kappa shape index (κ3) is 5.62. The number of carbonyl (C=O) groups is 2. The maximum absolute atomic E-state index is 12.4. The summed E-state index contributed by atoms with van der Waals surface area (Å²) in [7, 11) is 0. The summed E-state index contributed by atoms with van der Waals surface area (Å²) in [5.74, 6) is 1.92. The van der Waals surface area contributed by atoms with Crippen molar-refractivity contribution in [1.29, 1.82) is 0 Å². The summed E-state index contributed by atoms with van der Waals surface area (Å²) in [5.41, 5.74) is 0. The smallest absolute Gasteiger partial charge is 0.317 e. The molecule has 3 amide bonds. The van der Waals surface area contributed by atoms with Crippen molar-refractivity contribution in [3.63, 3.8) is 0 Å². The molecule has 148 valence electrons. The van der Waals surface area contributed by atoms with Crippen LogP contribution in [-0.4, -0.2) is 42.5 Å². The Bertz CT molecular complexity index is 468. The number of likely N-dealkylation sites (tertiary alicyclic amines) is 1. The van der Waals surface area contributed by atoms with Crippen LogP contribution in [-0.2, 0) is 4.79 Å². The molecule has 3 aliphatic rings. The molecular weight excluding hydrogens is 326 g/mol. The molecule has 2 N–H and O–H groups in total. The van der Waals surface area contributed by atoms with Crippen LogP contribution in [0.3, 0.4) is 0 Å². The van der Waals surface area contributed by atoms with Gasteiger partial charge in [0.05, 0.1) is 0 Å². The van der Waals surface area contributed by atoms with Gasteiger partial charge in [-0.05, 0) is 50.4 Å². The fourth-order valence-electron chi connectivity index (χ4n) is 5.00. The van der Waals surface area contributed by atoms with Gasteiger partial charge in [0.2, 0.25) is 5.91 Å². The molecule has 1 heterocycles. The lowest BCUT2D eigenvalue weighted by molar-refractivity contribution is -0.126. The van der Waals surface area contributed by atoms with E-state index in [2.05, 4.69) is 17.6 Å². The second-order valence-corrected chi connectivity index (χ2v) is 8.93. The second kappa shape index (κ2) is 9.61. The largest absolute Gasteiger partial charge is 0.353 e. The molecule has 3 rings (SSSR count). The van der Waals surface area contributed by atoms with E-state index in [1.807, 2.05) is 4.90 Å². The van der Waals surface area contributed by atoms with Crippen molar-refractivity contribution in [2.24, 2.45) is 17.8 Å². The van der Waals surface area contributed by atoms with Crippen LogP contribution in [0.5, 0.6) is 0 Å². The number of hydrogen-bond acceptors (Lipinski definition) is 2. The molecule has 1 aliphatic heterocycles. The van der Waals surface area contributed by atoms with E-state index >= 15 is 0 Å². The van der Waals surface area contributed by atoms with Gasteiger partial charge in [-0.2, -0.15) is 0 Å². The SMILES string of the molecule is CC1CCCC(CNC(=O)N2CCC(NC(=O)C3CCCCC3)CC2)C1. The molecule has 0 spiro atoms. The first kappa shape index (κ1) is 19.5. The summed E-state index contributed by atoms with van der Waals surface area (Å²) >= 11 is 0. The number of hydrogen-bond donors (Lipinski definition) is 2. The zero-order chi connectivity index (χ0) is 18.4. The summed E-state index contributed by atoms with van der Waals surface area (Å²) in [6, 6.07) is 0.327. The van der Waals surface area contributed by atoms with Crippen molar-refractivity contribution in [3.8, 4) is 0 Å². The van der Waals surface area contributed by atoms with Crippen LogP contribution in [0.2, 0.25) is 0 Å². The standard InChI is InChI=1S/C21H37N3O2/c1-16-6-5-7-17(14-16)15-22-21(26)24-12-10-19(11-13-24)23-20(25)18-8-3-2-4-9-18/h16-19H,2-15H2,1H3,(H,22,26)(H,23,25). The molecule has 26 heavy (non-hydrogen) atoms. The predicted molar refractivity (Wildman–Crippen MR) is 104 cm³/mol. The Hall–Kier alpha value is -1.26. The van der Waals surface area contributed by atoms with Gasteiger partial charge in [-0.3, -0.25) is 4.79 Å². The second-order valence-electron chi connectivity index (χ2n) is 8.93. The van der Waals surface area contributed by atoms with Crippen molar-refractivity contribution in [2.45, 2.75) is 83.6 Å². The van der Waals surface area contributed by atoms with Crippen molar-refractivity contribution in [3.05, 3.63) is 0 Å². The lowest BCUT2D eigenvalue weighted by Crippen LogP contribution is -2.51. The Morgan fingerprint density at radius 2 is 1.65 bits per heavy atom. The Morgan fingerprint density at radius 1 is 0.923 bits per heavy atom. The van der Waals surface area contributed by atoms with Crippen LogP contribution in [0.1, 0.15) is 77.6 Å². The summed E-state index contributed by atoms with van der Waals surface area (Å²) in [6.45, 7) is 4.65. The van der Waals surface area contributed by atoms with Crippen molar-refractivity contribution < 1.29 is 9.59 Å². The number of rotatable bonds is 4. The number of carbonyl (C=O) groups excluding carboxylic acids is 2. The molecule has 0 aromatic heterocycles. The van der Waals surface area contributed by atoms with Crippen molar-refractivity contribution in [1.82, 2.24) is 15.5 Å². The van der Waals surface area contributed by atoms with Gasteiger partial charge in [-0.25, -0.2) is 4.79 Å². The molecule has 2 unspecified atom stereocenters. The van der Waals surface area contributed by atoms with Gasteiger partial charge in [-0.1, -0.05) is 39.0 Å². The molecule has 0 radical (unpaired) electrons. The van der Waals surface area contributed by atoms with E-state index in [0.717, 1.165) is 51.2 Å². The van der Waals surface area contributed by atoms with E-state index in [1.54, 1.807) is 0 Å². The third-order valence-electron chi connectivity index (χ3n) is 6.69. The number of amides is 3. The van der Waals surface area contributed by atoms with Crippen molar-refractivity contribution in [2.75, 3.05) is 19.6 Å². The molecule has 0 aromatic carbocycles. The van der Waals surface area contributed by atoms with Crippen LogP contribution < -0.4 is 10.6 Å². The molecule has 2 atom stereocenters. The van der Waals surface area contributed by atoms with Crippen molar-refractivity contribution >= 4 is 11.9 Å². The van der Waals surface area contributed by atoms with E-state index in [0.29, 0.717) is 5.92 Å². The number of nitrogens with one attached hydrogen (secondary N) is 2. The summed E-state index contributed by atoms with van der Waals surface area (Å²) in [4.78, 5) is 26.7. The molecule has 1 saturated heterocycles. The minimum Gasteiger partial charge on any atom is -0.353 e. The fourth-order valence-corrected chi connectivity index (χ4v) is 5.00. The number of urea groups is 1. The minimum atomic E-state index is 0.0836. The monoisotopic (exact) mass is 363 g/mol. The fraction of sp³-hybridized carbons (Fsp3) is 0.905. The molecular formula is C21H37N3O2. The molecule has 5 nitrogen and oxygen atoms in total. The first-order valence-corrected chi connectivity index (χ1v) is 10.9. The topological polar surface area (TPSA) is 61.4 Å². The lowest BCUT2D eigenvalue weighted by Gasteiger charge is -2.34. The summed E-state index contributed by atoms with van der Waals surface area (Å²) in [6.07, 6.45) is 12.6. The maximum Gasteiger partial charge on any atom is 0.317 e. The Kier molecular flexibility index (Phi) is 7.21. The lowest BCUT2D eigenvalue weighted by atomic mass is 9.82. The molecule has 2 aliphatic carbocycles. The highest BCUT2D eigenvalue weighted by Crippen LogP contribution is 2.28. The van der Waals surface area contributed by atoms with E-state index in [4.69, 9.17) is 0 Å². The van der Waals surface area contributed by atoms with Gasteiger partial charge in [0, 0.05) is 31.6 Å². The predicted octanol–water partition coefficient (Wildman–Crippen LogP) is 3.68. The van der Waals surface area contributed by atoms with Gasteiger partial charge in [0.15, 0.2) is 0 Å². The zero-order valence-corrected chi connectivity index (χ0v) is 16.5. The Labute approximate surface area is 158 Å². The quantitative estimate of drug-likeness (QED) is 0.800. The highest BCUT2D eigenvalue weighted by Gasteiger charge is 2.27. The molecule has 2 saturated carbocycles. The first-order chi connectivity index (χ1) is 12.6. The summed E-state index contributed by atoms with van der Waals surface area (Å²) in [5, 5.41) is 6.39. The third-order valence-corrected chi connectivity index (χ3v) is 6.69. The van der Waals surface area contributed by atoms with Crippen LogP contribution in [0.15, 0.2) is 0 Å². The van der Waals surface area contributed by atoms with Crippen LogP contribution in [0.25, 0.3) is 0 Å². The van der Waals surface area contributed by atoms with Gasteiger partial charge < -0.3 is 15.5 Å². The number of nitrogens with zero attached hydrogens (tertiary/aromatic N) is 1. The molecule has 0 bridgehead atoms. The normalized spacial score (nSPS) is 28.6.